The average molecular weight is 685 g/mol. The second-order valence-electron chi connectivity index (χ2n) is 9.63. The summed E-state index contributed by atoms with van der Waals surface area (Å²) in [7, 11) is -1.23. The van der Waals surface area contributed by atoms with Crippen molar-refractivity contribution in [3.05, 3.63) is 124 Å². The zero-order valence-corrected chi connectivity index (χ0v) is 26.8. The van der Waals surface area contributed by atoms with Crippen LogP contribution in [0.5, 0.6) is 5.75 Å². The summed E-state index contributed by atoms with van der Waals surface area (Å²) in [6.07, 6.45) is 0.231. The Morgan fingerprint density at radius 3 is 2.09 bits per heavy atom. The number of ether oxygens (including phenoxy) is 1. The first-order valence-electron chi connectivity index (χ1n) is 13.3. The van der Waals surface area contributed by atoms with Crippen LogP contribution in [0, 0.1) is 0 Å². The van der Waals surface area contributed by atoms with Gasteiger partial charge in [-0.3, -0.25) is 13.9 Å². The summed E-state index contributed by atoms with van der Waals surface area (Å²) in [4.78, 5) is 29.0. The Labute approximate surface area is 265 Å². The number of sulfonamides is 1. The van der Waals surface area contributed by atoms with Crippen molar-refractivity contribution in [2.75, 3.05) is 25.0 Å². The molecule has 0 radical (unpaired) electrons. The molecule has 0 aromatic heterocycles. The predicted octanol–water partition coefficient (Wildman–Crippen LogP) is 5.69. The van der Waals surface area contributed by atoms with Crippen LogP contribution in [-0.4, -0.2) is 51.9 Å². The van der Waals surface area contributed by atoms with Crippen LogP contribution in [0.4, 0.5) is 5.69 Å². The summed E-state index contributed by atoms with van der Waals surface area (Å²) in [5.74, 6) is -0.437. The number of amides is 2. The maximum absolute atomic E-state index is 14.3. The number of hydrogen-bond donors (Lipinski definition) is 1. The molecule has 11 heteroatoms. The second-order valence-corrected chi connectivity index (χ2v) is 12.8. The van der Waals surface area contributed by atoms with Crippen LogP contribution in [0.25, 0.3) is 0 Å². The summed E-state index contributed by atoms with van der Waals surface area (Å²) < 4.78 is 35.1. The van der Waals surface area contributed by atoms with Gasteiger partial charge in [-0.1, -0.05) is 70.0 Å². The molecule has 0 aliphatic heterocycles. The fraction of sp³-hybridized carbons (Fsp3) is 0.188. The van der Waals surface area contributed by atoms with Crippen LogP contribution >= 0.6 is 27.5 Å². The normalized spacial score (nSPS) is 11.8. The van der Waals surface area contributed by atoms with Gasteiger partial charge >= 0.3 is 0 Å². The lowest BCUT2D eigenvalue weighted by molar-refractivity contribution is -0.139. The number of nitrogens with one attached hydrogen (secondary N) is 1. The van der Waals surface area contributed by atoms with Crippen molar-refractivity contribution in [1.82, 2.24) is 10.2 Å². The molecule has 2 amide bonds. The van der Waals surface area contributed by atoms with Gasteiger partial charge in [-0.2, -0.15) is 0 Å². The van der Waals surface area contributed by atoms with Gasteiger partial charge in [-0.25, -0.2) is 8.42 Å². The Morgan fingerprint density at radius 1 is 0.884 bits per heavy atom. The molecule has 1 atom stereocenters. The molecule has 0 heterocycles. The predicted molar refractivity (Wildman–Crippen MR) is 172 cm³/mol. The number of carbonyl (C=O) groups excluding carboxylic acids is 2. The SMILES string of the molecule is CNC(=O)[C@@H](Cc1ccccc1)N(Cc1ccc(Br)cc1)C(=O)CN(c1ccc(Cl)cc1)S(=O)(=O)c1ccc(OC)cc1. The van der Waals surface area contributed by atoms with Crippen molar-refractivity contribution in [3.8, 4) is 5.75 Å². The van der Waals surface area contributed by atoms with E-state index in [1.165, 1.54) is 55.5 Å². The summed E-state index contributed by atoms with van der Waals surface area (Å²) >= 11 is 9.53. The quantitative estimate of drug-likeness (QED) is 0.207. The highest BCUT2D eigenvalue weighted by atomic mass is 79.9. The first-order valence-corrected chi connectivity index (χ1v) is 15.9. The van der Waals surface area contributed by atoms with Crippen LogP contribution in [0.15, 0.2) is 112 Å². The highest BCUT2D eigenvalue weighted by Gasteiger charge is 2.34. The number of hydrogen-bond acceptors (Lipinski definition) is 5. The average Bonchev–Trinajstić information content (AvgIpc) is 3.03. The second kappa shape index (κ2) is 14.5. The minimum Gasteiger partial charge on any atom is -0.497 e. The molecule has 0 aliphatic rings. The van der Waals surface area contributed by atoms with Crippen LogP contribution < -0.4 is 14.4 Å². The van der Waals surface area contributed by atoms with Gasteiger partial charge in [0.05, 0.1) is 17.7 Å². The Morgan fingerprint density at radius 2 is 1.51 bits per heavy atom. The van der Waals surface area contributed by atoms with Crippen LogP contribution in [0.2, 0.25) is 5.02 Å². The van der Waals surface area contributed by atoms with Gasteiger partial charge in [0.1, 0.15) is 18.3 Å². The summed E-state index contributed by atoms with van der Waals surface area (Å²) in [6.45, 7) is -0.483. The number of nitrogens with zero attached hydrogens (tertiary/aromatic N) is 2. The van der Waals surface area contributed by atoms with Crippen LogP contribution in [0.3, 0.4) is 0 Å². The highest BCUT2D eigenvalue weighted by molar-refractivity contribution is 9.10. The van der Waals surface area contributed by atoms with E-state index in [0.717, 1.165) is 19.9 Å². The molecule has 4 aromatic rings. The fourth-order valence-corrected chi connectivity index (χ4v) is 6.32. The molecule has 43 heavy (non-hydrogen) atoms. The largest absolute Gasteiger partial charge is 0.497 e. The fourth-order valence-electron chi connectivity index (χ4n) is 4.52. The Bertz CT molecular complexity index is 1640. The van der Waals surface area contributed by atoms with E-state index in [9.17, 15) is 18.0 Å². The summed E-state index contributed by atoms with van der Waals surface area (Å²) in [5, 5.41) is 3.09. The van der Waals surface area contributed by atoms with Crippen molar-refractivity contribution in [2.45, 2.75) is 23.9 Å². The Kier molecular flexibility index (Phi) is 10.8. The summed E-state index contributed by atoms with van der Waals surface area (Å²) in [5.41, 5.74) is 1.87. The maximum Gasteiger partial charge on any atom is 0.264 e. The topological polar surface area (TPSA) is 96.0 Å². The lowest BCUT2D eigenvalue weighted by Crippen LogP contribution is -2.53. The maximum atomic E-state index is 14.3. The molecule has 0 saturated heterocycles. The van der Waals surface area contributed by atoms with E-state index in [1.807, 2.05) is 54.6 Å². The molecule has 0 unspecified atom stereocenters. The van der Waals surface area contributed by atoms with Crippen molar-refractivity contribution in [3.63, 3.8) is 0 Å². The van der Waals surface area contributed by atoms with Crippen molar-refractivity contribution >= 4 is 55.1 Å². The first kappa shape index (κ1) is 32.1. The molecule has 4 rings (SSSR count). The zero-order chi connectivity index (χ0) is 31.0. The van der Waals surface area contributed by atoms with E-state index >= 15 is 0 Å². The first-order chi connectivity index (χ1) is 20.6. The minimum atomic E-state index is -4.23. The molecule has 1 N–H and O–H groups in total. The van der Waals surface area contributed by atoms with Crippen molar-refractivity contribution in [2.24, 2.45) is 0 Å². The number of anilines is 1. The standard InChI is InChI=1S/C32H31BrClN3O5S/c1-35-32(39)30(20-23-6-4-3-5-7-23)36(21-24-8-10-25(33)11-9-24)31(38)22-37(27-14-12-26(34)13-15-27)43(40,41)29-18-16-28(42-2)17-19-29/h3-19,30H,20-22H2,1-2H3,(H,35,39)/t30-/m1/s1. The van der Waals surface area contributed by atoms with Gasteiger partial charge in [0.25, 0.3) is 10.0 Å². The van der Waals surface area contributed by atoms with Crippen LogP contribution in [0.1, 0.15) is 11.1 Å². The number of halogens is 2. The number of likely N-dealkylation sites (N-methyl/N-ethyl adjacent to an activating group) is 1. The van der Waals surface area contributed by atoms with Crippen LogP contribution in [-0.2, 0) is 32.6 Å². The van der Waals surface area contributed by atoms with E-state index in [-0.39, 0.29) is 29.5 Å². The van der Waals surface area contributed by atoms with E-state index < -0.39 is 28.5 Å². The molecule has 0 bridgehead atoms. The number of methoxy groups -OCH3 is 1. The highest BCUT2D eigenvalue weighted by Crippen LogP contribution is 2.27. The van der Waals surface area contributed by atoms with E-state index in [0.29, 0.717) is 10.8 Å². The summed E-state index contributed by atoms with van der Waals surface area (Å²) in [6, 6.07) is 27.9. The van der Waals surface area contributed by atoms with E-state index in [4.69, 9.17) is 16.3 Å². The van der Waals surface area contributed by atoms with Gasteiger partial charge in [0.15, 0.2) is 0 Å². The third-order valence-corrected chi connectivity index (χ3v) is 9.39. The van der Waals surface area contributed by atoms with E-state index in [2.05, 4.69) is 21.2 Å². The van der Waals surface area contributed by atoms with Gasteiger partial charge in [-0.05, 0) is 71.8 Å². The monoisotopic (exact) mass is 683 g/mol. The van der Waals surface area contributed by atoms with Crippen molar-refractivity contribution in [1.29, 1.82) is 0 Å². The minimum absolute atomic E-state index is 0.0253. The molecule has 224 valence electrons. The number of rotatable bonds is 12. The van der Waals surface area contributed by atoms with Crippen molar-refractivity contribution < 1.29 is 22.7 Å². The molecule has 8 nitrogen and oxygen atoms in total. The Balaban J connectivity index is 1.77. The third-order valence-electron chi connectivity index (χ3n) is 6.82. The van der Waals surface area contributed by atoms with Gasteiger partial charge in [-0.15, -0.1) is 0 Å². The lowest BCUT2D eigenvalue weighted by Gasteiger charge is -2.33. The molecule has 4 aromatic carbocycles. The Hall–Kier alpha value is -3.86. The third kappa shape index (κ3) is 8.16. The van der Waals surface area contributed by atoms with E-state index in [1.54, 1.807) is 12.1 Å². The van der Waals surface area contributed by atoms with Gasteiger partial charge in [0.2, 0.25) is 11.8 Å². The van der Waals surface area contributed by atoms with Gasteiger partial charge in [0, 0.05) is 29.5 Å². The molecular formula is C32H31BrClN3O5S. The smallest absolute Gasteiger partial charge is 0.264 e. The molecule has 0 aliphatic carbocycles. The van der Waals surface area contributed by atoms with Gasteiger partial charge < -0.3 is 15.0 Å². The molecule has 0 fully saturated rings. The zero-order valence-electron chi connectivity index (χ0n) is 23.6. The number of carbonyl (C=O) groups is 2. The molecular weight excluding hydrogens is 654 g/mol. The number of benzene rings is 4. The molecule has 0 saturated carbocycles. The lowest BCUT2D eigenvalue weighted by atomic mass is 10.0. The molecule has 0 spiro atoms.